The van der Waals surface area contributed by atoms with Crippen molar-refractivity contribution in [3.63, 3.8) is 0 Å². The van der Waals surface area contributed by atoms with Gasteiger partial charge < -0.3 is 10.1 Å². The number of carbonyl (C=O) groups excluding carboxylic acids is 1. The van der Waals surface area contributed by atoms with Gasteiger partial charge in [-0.1, -0.05) is 12.1 Å². The Kier molecular flexibility index (Phi) is 5.37. The van der Waals surface area contributed by atoms with Crippen molar-refractivity contribution in [2.75, 3.05) is 13.2 Å². The molecule has 1 aliphatic rings. The van der Waals surface area contributed by atoms with Crippen LogP contribution < -0.4 is 10.9 Å². The van der Waals surface area contributed by atoms with Crippen molar-refractivity contribution in [3.05, 3.63) is 56.9 Å². The zero-order valence-electron chi connectivity index (χ0n) is 14.0. The summed E-state index contributed by atoms with van der Waals surface area (Å²) in [6.45, 7) is 0.874. The van der Waals surface area contributed by atoms with Crippen LogP contribution in [-0.2, 0) is 16.1 Å². The molecule has 1 aromatic heterocycles. The summed E-state index contributed by atoms with van der Waals surface area (Å²) in [5.41, 5.74) is 0.371. The molecule has 0 radical (unpaired) electrons. The zero-order valence-corrected chi connectivity index (χ0v) is 14.0. The molecule has 9 heteroatoms. The van der Waals surface area contributed by atoms with Gasteiger partial charge >= 0.3 is 0 Å². The summed E-state index contributed by atoms with van der Waals surface area (Å²) in [7, 11) is 0. The van der Waals surface area contributed by atoms with Crippen molar-refractivity contribution >= 4 is 11.6 Å². The first-order valence-electron chi connectivity index (χ1n) is 8.24. The minimum atomic E-state index is -0.502. The number of nitrogens with one attached hydrogen (secondary N) is 1. The highest BCUT2D eigenvalue weighted by molar-refractivity contribution is 5.75. The van der Waals surface area contributed by atoms with Crippen LogP contribution in [-0.4, -0.2) is 39.9 Å². The van der Waals surface area contributed by atoms with Gasteiger partial charge in [0.1, 0.15) is 6.54 Å². The Hall–Kier alpha value is -3.07. The molecule has 0 aliphatic carbocycles. The fourth-order valence-corrected chi connectivity index (χ4v) is 2.72. The molecule has 2 heterocycles. The molecule has 1 saturated heterocycles. The number of nitrogens with zero attached hydrogens (tertiary/aromatic N) is 3. The molecule has 9 nitrogen and oxygen atoms in total. The van der Waals surface area contributed by atoms with E-state index in [0.717, 1.165) is 17.5 Å². The molecule has 1 atom stereocenters. The lowest BCUT2D eigenvalue weighted by Gasteiger charge is -2.11. The average molecular weight is 358 g/mol. The number of carbonyl (C=O) groups is 1. The predicted molar refractivity (Wildman–Crippen MR) is 92.6 cm³/mol. The summed E-state index contributed by atoms with van der Waals surface area (Å²) in [6.07, 6.45) is 1.90. The lowest BCUT2D eigenvalue weighted by Crippen LogP contribution is -2.37. The van der Waals surface area contributed by atoms with Gasteiger partial charge in [-0.15, -0.1) is 0 Å². The van der Waals surface area contributed by atoms with Crippen molar-refractivity contribution in [1.29, 1.82) is 0 Å². The molecule has 0 saturated carbocycles. The fourth-order valence-electron chi connectivity index (χ4n) is 2.72. The molecular formula is C17H18N4O5. The summed E-state index contributed by atoms with van der Waals surface area (Å²) < 4.78 is 6.47. The zero-order chi connectivity index (χ0) is 18.5. The third kappa shape index (κ3) is 4.31. The SMILES string of the molecule is O=C(Cn1nc(-c2cccc([N+](=O)[O-])c2)ccc1=O)NC[C@H]1CCCO1. The highest BCUT2D eigenvalue weighted by Crippen LogP contribution is 2.21. The summed E-state index contributed by atoms with van der Waals surface area (Å²) in [5.74, 6) is -0.341. The summed E-state index contributed by atoms with van der Waals surface area (Å²) in [6, 6.07) is 8.70. The Morgan fingerprint density at radius 1 is 1.38 bits per heavy atom. The maximum atomic E-state index is 12.1. The second kappa shape index (κ2) is 7.87. The summed E-state index contributed by atoms with van der Waals surface area (Å²) in [5, 5.41) is 17.8. The second-order valence-corrected chi connectivity index (χ2v) is 5.96. The van der Waals surface area contributed by atoms with Crippen molar-refractivity contribution in [2.45, 2.75) is 25.5 Å². The highest BCUT2D eigenvalue weighted by atomic mass is 16.6. The van der Waals surface area contributed by atoms with Gasteiger partial charge in [-0.05, 0) is 18.9 Å². The number of aromatic nitrogens is 2. The number of hydrogen-bond donors (Lipinski definition) is 1. The van der Waals surface area contributed by atoms with Gasteiger partial charge in [0.05, 0.1) is 16.7 Å². The van der Waals surface area contributed by atoms with Crippen molar-refractivity contribution < 1.29 is 14.5 Å². The minimum absolute atomic E-state index is 0.0137. The lowest BCUT2D eigenvalue weighted by molar-refractivity contribution is -0.384. The Bertz CT molecular complexity index is 873. The Morgan fingerprint density at radius 2 is 2.23 bits per heavy atom. The van der Waals surface area contributed by atoms with E-state index in [1.165, 1.54) is 24.3 Å². The first kappa shape index (κ1) is 17.7. The number of ether oxygens (including phenoxy) is 1. The van der Waals surface area contributed by atoms with Gasteiger partial charge in [-0.25, -0.2) is 4.68 Å². The molecule has 3 rings (SSSR count). The molecule has 0 spiro atoms. The monoisotopic (exact) mass is 358 g/mol. The van der Waals surface area contributed by atoms with Crippen LogP contribution in [0.3, 0.4) is 0 Å². The minimum Gasteiger partial charge on any atom is -0.376 e. The standard InChI is InChI=1S/C17H18N4O5/c22-16(18-10-14-5-2-8-26-14)11-20-17(23)7-6-15(19-20)12-3-1-4-13(9-12)21(24)25/h1,3-4,6-7,9,14H,2,5,8,10-11H2,(H,18,22)/t14-/m1/s1. The van der Waals surface area contributed by atoms with Crippen molar-refractivity contribution in [2.24, 2.45) is 0 Å². The van der Waals surface area contributed by atoms with E-state index in [1.54, 1.807) is 12.1 Å². The second-order valence-electron chi connectivity index (χ2n) is 5.96. The molecule has 1 aliphatic heterocycles. The van der Waals surface area contributed by atoms with Crippen LogP contribution in [0.5, 0.6) is 0 Å². The van der Waals surface area contributed by atoms with Crippen LogP contribution in [0.4, 0.5) is 5.69 Å². The fraction of sp³-hybridized carbons (Fsp3) is 0.353. The van der Waals surface area contributed by atoms with Crippen molar-refractivity contribution in [3.8, 4) is 11.3 Å². The van der Waals surface area contributed by atoms with Gasteiger partial charge in [0.15, 0.2) is 0 Å². The summed E-state index contributed by atoms with van der Waals surface area (Å²) >= 11 is 0. The van der Waals surface area contributed by atoms with Crippen molar-refractivity contribution in [1.82, 2.24) is 15.1 Å². The van der Waals surface area contributed by atoms with Crippen LogP contribution in [0.2, 0.25) is 0 Å². The smallest absolute Gasteiger partial charge is 0.270 e. The van der Waals surface area contributed by atoms with E-state index in [2.05, 4.69) is 10.4 Å². The molecular weight excluding hydrogens is 340 g/mol. The Balaban J connectivity index is 1.73. The van der Waals surface area contributed by atoms with Crippen LogP contribution in [0.1, 0.15) is 12.8 Å². The molecule has 136 valence electrons. The van der Waals surface area contributed by atoms with E-state index in [4.69, 9.17) is 4.74 Å². The maximum Gasteiger partial charge on any atom is 0.270 e. The quantitative estimate of drug-likeness (QED) is 0.611. The van der Waals surface area contributed by atoms with Gasteiger partial charge in [0, 0.05) is 36.9 Å². The van der Waals surface area contributed by atoms with E-state index in [-0.39, 0.29) is 24.2 Å². The van der Waals surface area contributed by atoms with Crippen LogP contribution in [0.25, 0.3) is 11.3 Å². The molecule has 1 N–H and O–H groups in total. The summed E-state index contributed by atoms with van der Waals surface area (Å²) in [4.78, 5) is 34.4. The molecule has 0 bridgehead atoms. The van der Waals surface area contributed by atoms with Gasteiger partial charge in [0.25, 0.3) is 11.2 Å². The number of rotatable bonds is 6. The number of nitro benzene ring substituents is 1. The van der Waals surface area contributed by atoms with E-state index in [0.29, 0.717) is 24.4 Å². The third-order valence-electron chi connectivity index (χ3n) is 4.06. The lowest BCUT2D eigenvalue weighted by atomic mass is 10.1. The van der Waals surface area contributed by atoms with E-state index < -0.39 is 10.5 Å². The third-order valence-corrected chi connectivity index (χ3v) is 4.06. The van der Waals surface area contributed by atoms with Gasteiger partial charge in [-0.2, -0.15) is 5.10 Å². The number of amides is 1. The van der Waals surface area contributed by atoms with E-state index in [1.807, 2.05) is 0 Å². The predicted octanol–water partition coefficient (Wildman–Crippen LogP) is 1.11. The first-order valence-corrected chi connectivity index (χ1v) is 8.24. The number of non-ortho nitro benzene ring substituents is 1. The number of benzene rings is 1. The van der Waals surface area contributed by atoms with Gasteiger partial charge in [0.2, 0.25) is 5.91 Å². The normalized spacial score (nSPS) is 16.4. The molecule has 0 unspecified atom stereocenters. The number of hydrogen-bond acceptors (Lipinski definition) is 6. The van der Waals surface area contributed by atoms with Gasteiger partial charge in [-0.3, -0.25) is 19.7 Å². The highest BCUT2D eigenvalue weighted by Gasteiger charge is 2.17. The molecule has 1 fully saturated rings. The average Bonchev–Trinajstić information content (AvgIpc) is 3.15. The van der Waals surface area contributed by atoms with E-state index in [9.17, 15) is 19.7 Å². The Labute approximate surface area is 148 Å². The van der Waals surface area contributed by atoms with Crippen LogP contribution in [0.15, 0.2) is 41.2 Å². The molecule has 1 amide bonds. The van der Waals surface area contributed by atoms with Crippen LogP contribution in [0, 0.1) is 10.1 Å². The molecule has 2 aromatic rings. The van der Waals surface area contributed by atoms with Crippen LogP contribution >= 0.6 is 0 Å². The maximum absolute atomic E-state index is 12.1. The number of nitro groups is 1. The molecule has 26 heavy (non-hydrogen) atoms. The topological polar surface area (TPSA) is 116 Å². The molecule has 1 aromatic carbocycles. The Morgan fingerprint density at radius 3 is 2.96 bits per heavy atom. The largest absolute Gasteiger partial charge is 0.376 e. The first-order chi connectivity index (χ1) is 12.5. The van der Waals surface area contributed by atoms with E-state index >= 15 is 0 Å².